The SMILES string of the molecule is Oc1c(-c2cc(C(F)(F)F)n[nH]2)ccc(OCCN2CCCC2)c1-c1cc(C(F)(F)F)cc(C(F)(F)F)c1. The number of ether oxygens (including phenoxy) is 1. The number of halogens is 9. The lowest BCUT2D eigenvalue weighted by atomic mass is 9.95. The van der Waals surface area contributed by atoms with Crippen molar-refractivity contribution in [3.8, 4) is 33.9 Å². The monoisotopic (exact) mass is 553 g/mol. The van der Waals surface area contributed by atoms with Crippen LogP contribution in [0.5, 0.6) is 11.5 Å². The van der Waals surface area contributed by atoms with Gasteiger partial charge in [-0.2, -0.15) is 44.6 Å². The van der Waals surface area contributed by atoms with Crippen molar-refractivity contribution in [2.75, 3.05) is 26.2 Å². The number of aromatic hydroxyl groups is 1. The van der Waals surface area contributed by atoms with E-state index in [1.54, 1.807) is 0 Å². The number of rotatable bonds is 6. The first kappa shape index (κ1) is 27.6. The molecule has 206 valence electrons. The van der Waals surface area contributed by atoms with E-state index in [1.165, 1.54) is 0 Å². The van der Waals surface area contributed by atoms with Gasteiger partial charge in [-0.15, -0.1) is 0 Å². The molecule has 4 rings (SSSR count). The number of aromatic amines is 1. The van der Waals surface area contributed by atoms with E-state index in [4.69, 9.17) is 4.74 Å². The summed E-state index contributed by atoms with van der Waals surface area (Å²) in [6.45, 7) is 2.00. The smallest absolute Gasteiger partial charge is 0.435 e. The first-order valence-electron chi connectivity index (χ1n) is 11.3. The van der Waals surface area contributed by atoms with Gasteiger partial charge in [0.15, 0.2) is 5.69 Å². The minimum absolute atomic E-state index is 0.000838. The summed E-state index contributed by atoms with van der Waals surface area (Å²) in [5, 5.41) is 16.2. The van der Waals surface area contributed by atoms with Crippen LogP contribution in [-0.2, 0) is 18.5 Å². The molecule has 1 aliphatic rings. The van der Waals surface area contributed by atoms with E-state index in [-0.39, 0.29) is 29.7 Å². The van der Waals surface area contributed by atoms with Gasteiger partial charge < -0.3 is 9.84 Å². The number of likely N-dealkylation sites (tertiary alicyclic amines) is 1. The Morgan fingerprint density at radius 2 is 1.45 bits per heavy atom. The van der Waals surface area contributed by atoms with Gasteiger partial charge in [-0.3, -0.25) is 10.00 Å². The molecule has 5 nitrogen and oxygen atoms in total. The van der Waals surface area contributed by atoms with E-state index in [9.17, 15) is 44.6 Å². The molecule has 2 N–H and O–H groups in total. The number of nitrogens with zero attached hydrogens (tertiary/aromatic N) is 2. The number of phenolic OH excluding ortho intramolecular Hbond substituents is 1. The molecule has 1 saturated heterocycles. The second-order valence-electron chi connectivity index (χ2n) is 8.69. The maximum absolute atomic E-state index is 13.5. The summed E-state index contributed by atoms with van der Waals surface area (Å²) in [6, 6.07) is 3.61. The molecule has 1 fully saturated rings. The van der Waals surface area contributed by atoms with E-state index >= 15 is 0 Å². The van der Waals surface area contributed by atoms with Crippen LogP contribution in [0.3, 0.4) is 0 Å². The molecule has 0 aliphatic carbocycles. The summed E-state index contributed by atoms with van der Waals surface area (Å²) in [7, 11) is 0. The molecule has 38 heavy (non-hydrogen) atoms. The maximum atomic E-state index is 13.5. The van der Waals surface area contributed by atoms with Crippen LogP contribution in [0.25, 0.3) is 22.4 Å². The summed E-state index contributed by atoms with van der Waals surface area (Å²) >= 11 is 0. The highest BCUT2D eigenvalue weighted by atomic mass is 19.4. The Hall–Kier alpha value is -3.42. The summed E-state index contributed by atoms with van der Waals surface area (Å²) in [5.41, 5.74) is -6.50. The van der Waals surface area contributed by atoms with Crippen LogP contribution >= 0.6 is 0 Å². The third-order valence-corrected chi connectivity index (χ3v) is 6.04. The van der Waals surface area contributed by atoms with Crippen molar-refractivity contribution in [1.82, 2.24) is 15.1 Å². The Labute approximate surface area is 209 Å². The lowest BCUT2D eigenvalue weighted by Gasteiger charge is -2.20. The fourth-order valence-corrected chi connectivity index (χ4v) is 4.18. The number of hydrogen-bond donors (Lipinski definition) is 2. The van der Waals surface area contributed by atoms with E-state index in [0.29, 0.717) is 24.7 Å². The van der Waals surface area contributed by atoms with Gasteiger partial charge in [0, 0.05) is 12.1 Å². The predicted molar refractivity (Wildman–Crippen MR) is 117 cm³/mol. The molecular weight excluding hydrogens is 533 g/mol. The van der Waals surface area contributed by atoms with Gasteiger partial charge >= 0.3 is 18.5 Å². The molecule has 0 amide bonds. The zero-order valence-electron chi connectivity index (χ0n) is 19.4. The van der Waals surface area contributed by atoms with Crippen molar-refractivity contribution in [3.63, 3.8) is 0 Å². The number of H-pyrrole nitrogens is 1. The number of benzene rings is 2. The summed E-state index contributed by atoms with van der Waals surface area (Å²) < 4.78 is 126. The molecule has 2 heterocycles. The summed E-state index contributed by atoms with van der Waals surface area (Å²) in [6.07, 6.45) is -13.2. The second kappa shape index (κ2) is 10.0. The molecule has 0 unspecified atom stereocenters. The molecule has 0 saturated carbocycles. The van der Waals surface area contributed by atoms with Gasteiger partial charge in [0.25, 0.3) is 0 Å². The van der Waals surface area contributed by atoms with Crippen LogP contribution < -0.4 is 4.74 Å². The topological polar surface area (TPSA) is 61.4 Å². The predicted octanol–water partition coefficient (Wildman–Crippen LogP) is 6.98. The van der Waals surface area contributed by atoms with Crippen molar-refractivity contribution in [1.29, 1.82) is 0 Å². The van der Waals surface area contributed by atoms with Crippen molar-refractivity contribution >= 4 is 0 Å². The Kier molecular flexibility index (Phi) is 7.30. The molecule has 0 spiro atoms. The van der Waals surface area contributed by atoms with E-state index < -0.39 is 52.2 Å². The zero-order chi connectivity index (χ0) is 27.9. The van der Waals surface area contributed by atoms with E-state index in [1.807, 2.05) is 4.90 Å². The number of hydrogen-bond acceptors (Lipinski definition) is 4. The number of alkyl halides is 9. The Balaban J connectivity index is 1.85. The lowest BCUT2D eigenvalue weighted by molar-refractivity contribution is -0.143. The molecule has 2 aromatic carbocycles. The van der Waals surface area contributed by atoms with Crippen LogP contribution in [0, 0.1) is 0 Å². The van der Waals surface area contributed by atoms with Crippen LogP contribution in [0.15, 0.2) is 36.4 Å². The van der Waals surface area contributed by atoms with Gasteiger partial charge in [0.2, 0.25) is 0 Å². The van der Waals surface area contributed by atoms with Crippen LogP contribution in [-0.4, -0.2) is 46.4 Å². The van der Waals surface area contributed by atoms with Gasteiger partial charge in [-0.1, -0.05) is 0 Å². The van der Waals surface area contributed by atoms with E-state index in [0.717, 1.165) is 38.1 Å². The second-order valence-corrected chi connectivity index (χ2v) is 8.69. The number of aromatic nitrogens is 2. The molecule has 0 radical (unpaired) electrons. The summed E-state index contributed by atoms with van der Waals surface area (Å²) in [4.78, 5) is 2.04. The molecule has 0 bridgehead atoms. The van der Waals surface area contributed by atoms with Gasteiger partial charge in [-0.25, -0.2) is 0 Å². The van der Waals surface area contributed by atoms with Crippen LogP contribution in [0.4, 0.5) is 39.5 Å². The largest absolute Gasteiger partial charge is 0.506 e. The first-order chi connectivity index (χ1) is 17.6. The first-order valence-corrected chi connectivity index (χ1v) is 11.3. The Bertz CT molecular complexity index is 1260. The van der Waals surface area contributed by atoms with E-state index in [2.05, 4.69) is 10.2 Å². The minimum Gasteiger partial charge on any atom is -0.506 e. The standard InChI is InChI=1S/C24H20F9N3O2/c25-22(26,27)14-9-13(10-15(11-14)23(28,29)30)20-18(38-8-7-36-5-1-2-6-36)4-3-16(21(20)37)17-12-19(35-34-17)24(31,32)33/h3-4,9-12,37H,1-2,5-8H2,(H,34,35). The average molecular weight is 553 g/mol. The minimum atomic E-state index is -5.16. The highest BCUT2D eigenvalue weighted by molar-refractivity contribution is 5.85. The molecule has 14 heteroatoms. The molecule has 0 atom stereocenters. The Morgan fingerprint density at radius 3 is 1.97 bits per heavy atom. The fourth-order valence-electron chi connectivity index (χ4n) is 4.18. The Morgan fingerprint density at radius 1 is 0.842 bits per heavy atom. The van der Waals surface area contributed by atoms with Crippen molar-refractivity contribution in [2.45, 2.75) is 31.4 Å². The lowest BCUT2D eigenvalue weighted by Crippen LogP contribution is -2.25. The van der Waals surface area contributed by atoms with Crippen molar-refractivity contribution in [2.24, 2.45) is 0 Å². The number of nitrogens with one attached hydrogen (secondary N) is 1. The highest BCUT2D eigenvalue weighted by Gasteiger charge is 2.38. The molecule has 3 aromatic rings. The van der Waals surface area contributed by atoms with Crippen LogP contribution in [0.1, 0.15) is 29.7 Å². The third kappa shape index (κ3) is 6.00. The maximum Gasteiger partial charge on any atom is 0.435 e. The quantitative estimate of drug-likeness (QED) is 0.324. The van der Waals surface area contributed by atoms with Gasteiger partial charge in [-0.05, 0) is 67.9 Å². The third-order valence-electron chi connectivity index (χ3n) is 6.04. The molecular formula is C24H20F9N3O2. The van der Waals surface area contributed by atoms with Gasteiger partial charge in [0.05, 0.1) is 22.4 Å². The van der Waals surface area contributed by atoms with Crippen molar-refractivity contribution < 1.29 is 49.4 Å². The molecule has 1 aromatic heterocycles. The number of phenols is 1. The van der Waals surface area contributed by atoms with Crippen LogP contribution in [0.2, 0.25) is 0 Å². The zero-order valence-corrected chi connectivity index (χ0v) is 19.4. The van der Waals surface area contributed by atoms with Gasteiger partial charge in [0.1, 0.15) is 18.1 Å². The normalized spacial score (nSPS) is 15.3. The molecule has 1 aliphatic heterocycles. The fraction of sp³-hybridized carbons (Fsp3) is 0.375. The average Bonchev–Trinajstić information content (AvgIpc) is 3.50. The summed E-state index contributed by atoms with van der Waals surface area (Å²) in [5.74, 6) is -1.12. The van der Waals surface area contributed by atoms with Crippen molar-refractivity contribution in [3.05, 3.63) is 53.2 Å². The highest BCUT2D eigenvalue weighted by Crippen LogP contribution is 2.47.